The molecule has 0 aliphatic carbocycles. The summed E-state index contributed by atoms with van der Waals surface area (Å²) < 4.78 is 38.6. The molecule has 0 saturated heterocycles. The fraction of sp³-hybridized carbons (Fsp3) is 0.188. The molecule has 132 valence electrons. The smallest absolute Gasteiger partial charge is 0.416 e. The molecule has 0 heterocycles. The van der Waals surface area contributed by atoms with E-state index < -0.39 is 22.4 Å². The molecule has 0 bridgehead atoms. The third-order valence-electron chi connectivity index (χ3n) is 3.33. The van der Waals surface area contributed by atoms with Gasteiger partial charge in [-0.05, 0) is 23.8 Å². The van der Waals surface area contributed by atoms with Crippen LogP contribution >= 0.6 is 0 Å². The van der Waals surface area contributed by atoms with E-state index in [9.17, 15) is 28.4 Å². The van der Waals surface area contributed by atoms with Gasteiger partial charge in [0.05, 0.1) is 21.9 Å². The Morgan fingerprint density at radius 3 is 2.40 bits per heavy atom. The number of non-ortho nitro benzene ring substituents is 1. The van der Waals surface area contributed by atoms with E-state index in [1.165, 1.54) is 6.07 Å². The lowest BCUT2D eigenvalue weighted by molar-refractivity contribution is -0.385. The Kier molecular flexibility index (Phi) is 4.96. The van der Waals surface area contributed by atoms with Crippen LogP contribution in [-0.2, 0) is 6.18 Å². The number of aliphatic imine (C=N–C) groups is 1. The average Bonchev–Trinajstić information content (AvgIpc) is 2.52. The third kappa shape index (κ3) is 4.25. The second-order valence-electron chi connectivity index (χ2n) is 5.33. The molecule has 0 aromatic heterocycles. The molecular formula is C16H13F3N3O3-. The van der Waals surface area contributed by atoms with E-state index in [-0.39, 0.29) is 16.9 Å². The molecular weight excluding hydrogens is 339 g/mol. The maximum atomic E-state index is 12.9. The Balaban J connectivity index is 2.50. The summed E-state index contributed by atoms with van der Waals surface area (Å²) >= 11 is 0. The van der Waals surface area contributed by atoms with Crippen LogP contribution in [0.1, 0.15) is 11.1 Å². The van der Waals surface area contributed by atoms with Crippen LogP contribution in [-0.4, -0.2) is 25.2 Å². The molecule has 0 atom stereocenters. The Morgan fingerprint density at radius 2 is 1.84 bits per heavy atom. The third-order valence-corrected chi connectivity index (χ3v) is 3.33. The molecule has 0 spiro atoms. The maximum Gasteiger partial charge on any atom is 0.416 e. The van der Waals surface area contributed by atoms with Crippen LogP contribution in [0.3, 0.4) is 0 Å². The number of nitrogens with zero attached hydrogens (tertiary/aromatic N) is 3. The molecule has 25 heavy (non-hydrogen) atoms. The summed E-state index contributed by atoms with van der Waals surface area (Å²) in [6.45, 7) is 0. The Morgan fingerprint density at radius 1 is 1.16 bits per heavy atom. The van der Waals surface area contributed by atoms with Crippen molar-refractivity contribution in [2.24, 2.45) is 4.99 Å². The van der Waals surface area contributed by atoms with Crippen molar-refractivity contribution < 1.29 is 23.2 Å². The van der Waals surface area contributed by atoms with Gasteiger partial charge in [-0.25, -0.2) is 0 Å². The van der Waals surface area contributed by atoms with Crippen molar-refractivity contribution in [1.29, 1.82) is 0 Å². The van der Waals surface area contributed by atoms with Gasteiger partial charge in [-0.2, -0.15) is 13.2 Å². The van der Waals surface area contributed by atoms with Crippen molar-refractivity contribution in [2.45, 2.75) is 6.18 Å². The van der Waals surface area contributed by atoms with Crippen LogP contribution in [0.4, 0.5) is 30.2 Å². The molecule has 0 aliphatic rings. The summed E-state index contributed by atoms with van der Waals surface area (Å²) in [6, 6.07) is 6.14. The number of anilines is 1. The van der Waals surface area contributed by atoms with E-state index in [2.05, 4.69) is 4.99 Å². The highest BCUT2D eigenvalue weighted by Crippen LogP contribution is 2.36. The van der Waals surface area contributed by atoms with Crippen LogP contribution in [0.25, 0.3) is 0 Å². The van der Waals surface area contributed by atoms with E-state index in [0.29, 0.717) is 5.69 Å². The molecule has 0 radical (unpaired) electrons. The number of benzene rings is 2. The van der Waals surface area contributed by atoms with Crippen LogP contribution in [0.15, 0.2) is 41.4 Å². The number of alkyl halides is 3. The second kappa shape index (κ2) is 6.80. The zero-order valence-corrected chi connectivity index (χ0v) is 13.2. The van der Waals surface area contributed by atoms with E-state index >= 15 is 0 Å². The van der Waals surface area contributed by atoms with Crippen molar-refractivity contribution in [1.82, 2.24) is 0 Å². The number of nitro benzene ring substituents is 1. The molecule has 0 amide bonds. The predicted molar refractivity (Wildman–Crippen MR) is 85.6 cm³/mol. The molecule has 2 aromatic rings. The van der Waals surface area contributed by atoms with Gasteiger partial charge >= 0.3 is 6.18 Å². The minimum Gasteiger partial charge on any atom is -0.872 e. The topological polar surface area (TPSA) is 81.8 Å². The fourth-order valence-corrected chi connectivity index (χ4v) is 2.07. The van der Waals surface area contributed by atoms with Crippen molar-refractivity contribution >= 4 is 23.3 Å². The first-order chi connectivity index (χ1) is 11.6. The largest absolute Gasteiger partial charge is 0.872 e. The van der Waals surface area contributed by atoms with Crippen molar-refractivity contribution in [2.75, 3.05) is 19.0 Å². The minimum absolute atomic E-state index is 0.00858. The van der Waals surface area contributed by atoms with E-state index in [4.69, 9.17) is 0 Å². The molecule has 0 fully saturated rings. The van der Waals surface area contributed by atoms with Gasteiger partial charge < -0.3 is 10.0 Å². The highest BCUT2D eigenvalue weighted by molar-refractivity contribution is 5.87. The first-order valence-corrected chi connectivity index (χ1v) is 6.97. The summed E-state index contributed by atoms with van der Waals surface area (Å²) in [4.78, 5) is 15.6. The van der Waals surface area contributed by atoms with Crippen molar-refractivity contribution in [3.05, 3.63) is 57.6 Å². The highest BCUT2D eigenvalue weighted by atomic mass is 19.4. The molecule has 0 saturated carbocycles. The monoisotopic (exact) mass is 352 g/mol. The van der Waals surface area contributed by atoms with Gasteiger partial charge in [-0.3, -0.25) is 15.1 Å². The molecule has 0 aliphatic heterocycles. The standard InChI is InChI=1S/C16H14F3N3O3/c1-21(2)14-5-3-11(16(17,18)19)8-13(14)20-9-10-7-12(22(24)25)4-6-15(10)23/h3-9,23H,1-2H3/p-1. The highest BCUT2D eigenvalue weighted by Gasteiger charge is 2.31. The van der Waals surface area contributed by atoms with Crippen LogP contribution in [0, 0.1) is 10.1 Å². The summed E-state index contributed by atoms with van der Waals surface area (Å²) in [5.74, 6) is -0.521. The number of hydrogen-bond donors (Lipinski definition) is 0. The van der Waals surface area contributed by atoms with E-state index in [1.807, 2.05) is 0 Å². The molecule has 0 unspecified atom stereocenters. The number of hydrogen-bond acceptors (Lipinski definition) is 5. The average molecular weight is 352 g/mol. The maximum absolute atomic E-state index is 12.9. The molecule has 9 heteroatoms. The Bertz CT molecular complexity index is 833. The van der Waals surface area contributed by atoms with E-state index in [0.717, 1.165) is 36.5 Å². The molecule has 0 N–H and O–H groups in total. The van der Waals surface area contributed by atoms with Gasteiger partial charge in [0.15, 0.2) is 0 Å². The quantitative estimate of drug-likeness (QED) is 0.479. The first kappa shape index (κ1) is 18.2. The summed E-state index contributed by atoms with van der Waals surface area (Å²) in [5.41, 5.74) is -0.881. The minimum atomic E-state index is -4.54. The summed E-state index contributed by atoms with van der Waals surface area (Å²) in [5, 5.41) is 22.5. The van der Waals surface area contributed by atoms with Gasteiger partial charge in [-0.15, -0.1) is 0 Å². The van der Waals surface area contributed by atoms with Crippen LogP contribution < -0.4 is 10.0 Å². The van der Waals surface area contributed by atoms with Crippen LogP contribution in [0.2, 0.25) is 0 Å². The zero-order chi connectivity index (χ0) is 18.8. The van der Waals surface area contributed by atoms with Crippen molar-refractivity contribution in [3.63, 3.8) is 0 Å². The molecule has 6 nitrogen and oxygen atoms in total. The summed E-state index contributed by atoms with van der Waals surface area (Å²) in [7, 11) is 3.27. The number of halogens is 3. The van der Waals surface area contributed by atoms with Gasteiger partial charge in [0.25, 0.3) is 5.69 Å². The normalized spacial score (nSPS) is 11.7. The zero-order valence-electron chi connectivity index (χ0n) is 13.2. The van der Waals surface area contributed by atoms with Gasteiger partial charge in [0, 0.05) is 32.4 Å². The first-order valence-electron chi connectivity index (χ1n) is 6.97. The Hall–Kier alpha value is -3.10. The lowest BCUT2D eigenvalue weighted by Gasteiger charge is -2.17. The Labute approximate surface area is 141 Å². The summed E-state index contributed by atoms with van der Waals surface area (Å²) in [6.07, 6.45) is -3.51. The second-order valence-corrected chi connectivity index (χ2v) is 5.33. The lowest BCUT2D eigenvalue weighted by Crippen LogP contribution is -2.10. The van der Waals surface area contributed by atoms with Gasteiger partial charge in [0.1, 0.15) is 0 Å². The predicted octanol–water partition coefficient (Wildman–Crippen LogP) is 3.50. The van der Waals surface area contributed by atoms with Crippen molar-refractivity contribution in [3.8, 4) is 5.75 Å². The fourth-order valence-electron chi connectivity index (χ4n) is 2.07. The van der Waals surface area contributed by atoms with Gasteiger partial charge in [-0.1, -0.05) is 11.8 Å². The molecule has 2 rings (SSSR count). The van der Waals surface area contributed by atoms with Gasteiger partial charge in [0.2, 0.25) is 0 Å². The SMILES string of the molecule is CN(C)c1ccc(C(F)(F)F)cc1N=Cc1cc([N+](=O)[O-])ccc1[O-]. The van der Waals surface area contributed by atoms with Crippen LogP contribution in [0.5, 0.6) is 5.75 Å². The lowest BCUT2D eigenvalue weighted by atomic mass is 10.1. The van der Waals surface area contributed by atoms with E-state index in [1.54, 1.807) is 19.0 Å². The molecule has 2 aromatic carbocycles. The number of rotatable bonds is 4. The number of nitro groups is 1.